The number of nitroso groups, excluding NO2 is 1. The summed E-state index contributed by atoms with van der Waals surface area (Å²) in [4.78, 5) is 10.1. The molecule has 3 heteroatoms. The molecule has 9 heavy (non-hydrogen) atoms. The van der Waals surface area contributed by atoms with Crippen molar-refractivity contribution in [2.45, 2.75) is 38.8 Å². The third kappa shape index (κ3) is 1.04. The van der Waals surface area contributed by atoms with Crippen molar-refractivity contribution in [1.29, 1.82) is 0 Å². The van der Waals surface area contributed by atoms with E-state index in [2.05, 4.69) is 5.29 Å². The molecule has 1 rings (SSSR count). The predicted octanol–water partition coefficient (Wildman–Crippen LogP) is 1.54. The van der Waals surface area contributed by atoms with Crippen molar-refractivity contribution in [3.8, 4) is 0 Å². The Balaban J connectivity index is 2.54. The first-order valence-electron chi connectivity index (χ1n) is 3.37. The Hall–Kier alpha value is -0.600. The number of hydrogen-bond acceptors (Lipinski definition) is 2. The van der Waals surface area contributed by atoms with Crippen LogP contribution < -0.4 is 0 Å². The Kier molecular flexibility index (Phi) is 1.69. The Morgan fingerprint density at radius 1 is 1.33 bits per heavy atom. The van der Waals surface area contributed by atoms with Gasteiger partial charge in [0.1, 0.15) is 0 Å². The maximum absolute atomic E-state index is 10.1. The summed E-state index contributed by atoms with van der Waals surface area (Å²) in [6.45, 7) is 4.07. The average Bonchev–Trinajstić information content (AvgIpc) is 2.12. The first-order valence-corrected chi connectivity index (χ1v) is 3.37. The molecule has 0 aromatic heterocycles. The molecule has 3 nitrogen and oxygen atoms in total. The molecule has 1 heterocycles. The zero-order valence-corrected chi connectivity index (χ0v) is 5.87. The summed E-state index contributed by atoms with van der Waals surface area (Å²) in [7, 11) is 0. The summed E-state index contributed by atoms with van der Waals surface area (Å²) < 4.78 is 0. The van der Waals surface area contributed by atoms with Crippen molar-refractivity contribution in [3.05, 3.63) is 4.91 Å². The predicted molar refractivity (Wildman–Crippen MR) is 35.8 cm³/mol. The molecule has 1 fully saturated rings. The van der Waals surface area contributed by atoms with E-state index in [1.165, 1.54) is 0 Å². The molecule has 0 saturated carbocycles. The highest BCUT2D eigenvalue weighted by atomic mass is 16.3. The average molecular weight is 128 g/mol. The van der Waals surface area contributed by atoms with Crippen LogP contribution in [0.25, 0.3) is 0 Å². The molecular formula is C6H12N2O. The highest BCUT2D eigenvalue weighted by molar-refractivity contribution is 4.78. The van der Waals surface area contributed by atoms with Crippen LogP contribution in [0.5, 0.6) is 0 Å². The fourth-order valence-corrected chi connectivity index (χ4v) is 1.34. The molecule has 1 saturated heterocycles. The van der Waals surface area contributed by atoms with Gasteiger partial charge in [0.15, 0.2) is 0 Å². The van der Waals surface area contributed by atoms with E-state index in [0.29, 0.717) is 12.1 Å². The molecule has 52 valence electrons. The standard InChI is InChI=1S/C6H12N2O/c1-5-3-4-6(2)8(5)7-9/h5-6H,3-4H2,1-2H3/t5-,6-/m1/s1. The minimum Gasteiger partial charge on any atom is -0.255 e. The molecule has 0 aromatic rings. The Labute approximate surface area is 55.0 Å². The third-order valence-electron chi connectivity index (χ3n) is 2.00. The van der Waals surface area contributed by atoms with E-state index in [4.69, 9.17) is 0 Å². The molecule has 2 atom stereocenters. The van der Waals surface area contributed by atoms with E-state index in [1.807, 2.05) is 13.8 Å². The zero-order valence-electron chi connectivity index (χ0n) is 5.87. The molecule has 0 amide bonds. The SMILES string of the molecule is C[C@@H]1CC[C@@H](C)N1N=O. The van der Waals surface area contributed by atoms with Gasteiger partial charge in [0.25, 0.3) is 0 Å². The molecule has 1 aliphatic heterocycles. The topological polar surface area (TPSA) is 32.7 Å². The Morgan fingerprint density at radius 3 is 2.00 bits per heavy atom. The first kappa shape index (κ1) is 6.52. The van der Waals surface area contributed by atoms with Gasteiger partial charge in [-0.3, -0.25) is 5.01 Å². The van der Waals surface area contributed by atoms with E-state index in [9.17, 15) is 4.91 Å². The van der Waals surface area contributed by atoms with E-state index in [1.54, 1.807) is 5.01 Å². The monoisotopic (exact) mass is 128 g/mol. The lowest BCUT2D eigenvalue weighted by Gasteiger charge is -2.17. The molecule has 0 bridgehead atoms. The van der Waals surface area contributed by atoms with Crippen molar-refractivity contribution in [2.24, 2.45) is 5.29 Å². The molecule has 0 N–H and O–H groups in total. The quantitative estimate of drug-likeness (QED) is 0.502. The lowest BCUT2D eigenvalue weighted by atomic mass is 10.2. The highest BCUT2D eigenvalue weighted by Gasteiger charge is 2.26. The van der Waals surface area contributed by atoms with Crippen LogP contribution in [0.3, 0.4) is 0 Å². The fraction of sp³-hybridized carbons (Fsp3) is 1.00. The van der Waals surface area contributed by atoms with Crippen LogP contribution >= 0.6 is 0 Å². The van der Waals surface area contributed by atoms with Gasteiger partial charge in [0.2, 0.25) is 0 Å². The van der Waals surface area contributed by atoms with Gasteiger partial charge in [0.05, 0.1) is 5.29 Å². The molecule has 0 spiro atoms. The van der Waals surface area contributed by atoms with Gasteiger partial charge in [-0.25, -0.2) is 0 Å². The van der Waals surface area contributed by atoms with Gasteiger partial charge in [-0.1, -0.05) is 0 Å². The summed E-state index contributed by atoms with van der Waals surface area (Å²) in [5.74, 6) is 0. The largest absolute Gasteiger partial charge is 0.255 e. The highest BCUT2D eigenvalue weighted by Crippen LogP contribution is 2.22. The van der Waals surface area contributed by atoms with Crippen molar-refractivity contribution in [1.82, 2.24) is 5.01 Å². The fourth-order valence-electron chi connectivity index (χ4n) is 1.34. The van der Waals surface area contributed by atoms with Crippen LogP contribution in [0.4, 0.5) is 0 Å². The summed E-state index contributed by atoms with van der Waals surface area (Å²) >= 11 is 0. The Bertz CT molecular complexity index is 106. The summed E-state index contributed by atoms with van der Waals surface area (Å²) in [5, 5.41) is 4.57. The minimum absolute atomic E-state index is 0.359. The summed E-state index contributed by atoms with van der Waals surface area (Å²) in [6.07, 6.45) is 2.21. The Morgan fingerprint density at radius 2 is 1.78 bits per heavy atom. The minimum atomic E-state index is 0.359. The molecule has 0 radical (unpaired) electrons. The number of hydrogen-bond donors (Lipinski definition) is 0. The van der Waals surface area contributed by atoms with Crippen LogP contribution in [-0.2, 0) is 0 Å². The van der Waals surface area contributed by atoms with Crippen molar-refractivity contribution >= 4 is 0 Å². The molecular weight excluding hydrogens is 116 g/mol. The number of nitrogens with zero attached hydrogens (tertiary/aromatic N) is 2. The van der Waals surface area contributed by atoms with E-state index < -0.39 is 0 Å². The lowest BCUT2D eigenvalue weighted by Crippen LogP contribution is -2.26. The van der Waals surface area contributed by atoms with Crippen molar-refractivity contribution < 1.29 is 0 Å². The smallest absolute Gasteiger partial charge is 0.0529 e. The lowest BCUT2D eigenvalue weighted by molar-refractivity contribution is 0.221. The second kappa shape index (κ2) is 2.33. The molecule has 0 aromatic carbocycles. The van der Waals surface area contributed by atoms with Gasteiger partial charge in [-0.15, -0.1) is 4.91 Å². The van der Waals surface area contributed by atoms with E-state index >= 15 is 0 Å². The molecule has 1 aliphatic rings. The van der Waals surface area contributed by atoms with Crippen LogP contribution in [0.1, 0.15) is 26.7 Å². The molecule has 0 unspecified atom stereocenters. The van der Waals surface area contributed by atoms with Crippen LogP contribution in [0, 0.1) is 4.91 Å². The van der Waals surface area contributed by atoms with Crippen LogP contribution in [0.15, 0.2) is 5.29 Å². The van der Waals surface area contributed by atoms with Gasteiger partial charge in [-0.2, -0.15) is 0 Å². The summed E-state index contributed by atoms with van der Waals surface area (Å²) in [5.41, 5.74) is 0. The number of rotatable bonds is 1. The van der Waals surface area contributed by atoms with E-state index in [-0.39, 0.29) is 0 Å². The van der Waals surface area contributed by atoms with E-state index in [0.717, 1.165) is 12.8 Å². The maximum Gasteiger partial charge on any atom is 0.0529 e. The van der Waals surface area contributed by atoms with Gasteiger partial charge in [-0.05, 0) is 26.7 Å². The second-order valence-corrected chi connectivity index (χ2v) is 2.74. The third-order valence-corrected chi connectivity index (χ3v) is 2.00. The van der Waals surface area contributed by atoms with Gasteiger partial charge in [0, 0.05) is 12.1 Å². The zero-order chi connectivity index (χ0) is 6.85. The van der Waals surface area contributed by atoms with Crippen molar-refractivity contribution in [3.63, 3.8) is 0 Å². The second-order valence-electron chi connectivity index (χ2n) is 2.74. The normalized spacial score (nSPS) is 35.1. The van der Waals surface area contributed by atoms with Gasteiger partial charge < -0.3 is 0 Å². The van der Waals surface area contributed by atoms with Gasteiger partial charge >= 0.3 is 0 Å². The van der Waals surface area contributed by atoms with Crippen LogP contribution in [-0.4, -0.2) is 17.1 Å². The summed E-state index contributed by atoms with van der Waals surface area (Å²) in [6, 6.07) is 0.718. The molecule has 0 aliphatic carbocycles. The first-order chi connectivity index (χ1) is 4.25. The van der Waals surface area contributed by atoms with Crippen LogP contribution in [0.2, 0.25) is 0 Å². The maximum atomic E-state index is 10.1. The van der Waals surface area contributed by atoms with Crippen molar-refractivity contribution in [2.75, 3.05) is 0 Å².